The minimum atomic E-state index is -0.538. The Hall–Kier alpha value is -13.6. The number of ether oxygens (including phenoxy) is 10. The van der Waals surface area contributed by atoms with E-state index in [1.54, 1.807) is 109 Å². The zero-order valence-electron chi connectivity index (χ0n) is 52.7. The Balaban J connectivity index is 0.000000154. The Bertz CT molecular complexity index is 4430. The van der Waals surface area contributed by atoms with Gasteiger partial charge in [-0.3, -0.25) is 0 Å². The van der Waals surface area contributed by atoms with Crippen LogP contribution < -0.4 is 28.4 Å². The van der Waals surface area contributed by atoms with Crippen LogP contribution in [0.3, 0.4) is 0 Å². The molecule has 0 spiro atoms. The first-order chi connectivity index (χ1) is 47.0. The Morgan fingerprint density at radius 1 is 0.245 bits per heavy atom. The highest BCUT2D eigenvalue weighted by molar-refractivity contribution is 5.96. The highest BCUT2D eigenvalue weighted by Crippen LogP contribution is 2.47. The lowest BCUT2D eigenvalue weighted by molar-refractivity contribution is -0.133. The molecule has 24 heteroatoms. The first-order valence-electron chi connectivity index (χ1n) is 28.9. The van der Waals surface area contributed by atoms with Crippen LogP contribution in [0, 0.1) is 0 Å². The SMILES string of the molecule is COc1cc(C(=C2C=CC(=O)O2)c2cc(OC)c(O)c(OC)c2)cc(OC)c1O.COc1cc(C(=C2C=CC(=O)O2)c2ccc(O)c(OC)c2)ccc1O.O=C1C=CC(=C(c2ccc(O)c(O)c2)c2ccc(O)c(O)c2)O1.O=C1C=CC(=C(c2ccc(O)cc2)c2ccc(O)cc2)O1. The molecular weight excluding hydrogens is 1270 g/mol. The smallest absolute Gasteiger partial charge is 0.336 e. The summed E-state index contributed by atoms with van der Waals surface area (Å²) in [4.78, 5) is 45.8. The summed E-state index contributed by atoms with van der Waals surface area (Å²) in [5.41, 5.74) is 7.10. The molecule has 8 aromatic rings. The van der Waals surface area contributed by atoms with Crippen molar-refractivity contribution in [2.45, 2.75) is 0 Å². The number of carbonyl (C=O) groups is 4. The molecule has 0 aromatic heterocycles. The third kappa shape index (κ3) is 15.7. The second-order valence-corrected chi connectivity index (χ2v) is 20.7. The van der Waals surface area contributed by atoms with Crippen molar-refractivity contribution in [3.05, 3.63) is 262 Å². The number of hydrogen-bond acceptors (Lipinski definition) is 24. The standard InChI is InChI=1S/C21H20O8.C19H16O6.C17H12O6.C17H12O4/c1-25-14-7-11(8-15(26-2)20(14)23)19(13-5-6-18(22)29-13)12-9-16(27-3)21(24)17(10-12)28-4;1-23-16-9-11(3-5-13(16)20)19(15-7-8-18(22)25-15)12-4-6-14(21)17(10-12)24-2;18-11-3-1-9(7-13(11)20)17(15-5-6-16(22)23-15)10-2-4-12(19)14(21)8-10;18-13-5-1-11(2-6-13)17(15-9-10-16(20)21-15)12-3-7-14(19)8-4-12/h5-10,23-24H,1-4H3;3-10,20-21H,1-2H3;1-8,18-21H;1-10,18-19H. The van der Waals surface area contributed by atoms with Gasteiger partial charge in [0.2, 0.25) is 11.5 Å². The lowest BCUT2D eigenvalue weighted by Crippen LogP contribution is -2.00. The zero-order valence-corrected chi connectivity index (χ0v) is 52.7. The van der Waals surface area contributed by atoms with E-state index < -0.39 is 23.9 Å². The molecule has 0 radical (unpaired) electrons. The van der Waals surface area contributed by atoms with Crippen molar-refractivity contribution in [1.29, 1.82) is 0 Å². The predicted octanol–water partition coefficient (Wildman–Crippen LogP) is 11.3. The van der Waals surface area contributed by atoms with Gasteiger partial charge in [-0.25, -0.2) is 19.2 Å². The van der Waals surface area contributed by atoms with E-state index in [2.05, 4.69) is 0 Å². The van der Waals surface area contributed by atoms with E-state index in [1.807, 2.05) is 0 Å². The summed E-state index contributed by atoms with van der Waals surface area (Å²) in [5, 5.41) is 97.2. The quantitative estimate of drug-likeness (QED) is 0.0275. The maximum absolute atomic E-state index is 11.7. The average molecular weight is 1330 g/mol. The first-order valence-corrected chi connectivity index (χ1v) is 28.9. The summed E-state index contributed by atoms with van der Waals surface area (Å²) in [6.07, 6.45) is 11.4. The number of benzene rings is 8. The van der Waals surface area contributed by atoms with Crippen LogP contribution in [-0.4, -0.2) is 118 Å². The van der Waals surface area contributed by atoms with Crippen molar-refractivity contribution in [1.82, 2.24) is 0 Å². The van der Waals surface area contributed by atoms with E-state index in [9.17, 15) is 70.2 Å². The van der Waals surface area contributed by atoms with Crippen molar-refractivity contribution in [2.24, 2.45) is 0 Å². The number of phenols is 10. The number of methoxy groups -OCH3 is 6. The molecule has 0 amide bonds. The molecule has 8 aromatic carbocycles. The number of rotatable bonds is 14. The largest absolute Gasteiger partial charge is 0.508 e. The maximum Gasteiger partial charge on any atom is 0.336 e. The molecule has 10 N–H and O–H groups in total. The van der Waals surface area contributed by atoms with E-state index in [-0.39, 0.29) is 104 Å². The van der Waals surface area contributed by atoms with Gasteiger partial charge >= 0.3 is 23.9 Å². The van der Waals surface area contributed by atoms with Crippen LogP contribution in [0.2, 0.25) is 0 Å². The van der Waals surface area contributed by atoms with Crippen molar-refractivity contribution in [3.8, 4) is 92.0 Å². The van der Waals surface area contributed by atoms with Gasteiger partial charge in [-0.05, 0) is 166 Å². The van der Waals surface area contributed by atoms with Gasteiger partial charge in [0.25, 0.3) is 0 Å². The summed E-state index contributed by atoms with van der Waals surface area (Å²) < 4.78 is 52.2. The summed E-state index contributed by atoms with van der Waals surface area (Å²) in [5.74, 6) is -0.665. The van der Waals surface area contributed by atoms with Crippen molar-refractivity contribution < 1.29 is 118 Å². The first kappa shape index (κ1) is 68.7. The molecule has 4 heterocycles. The van der Waals surface area contributed by atoms with E-state index in [4.69, 9.17) is 47.4 Å². The topological polar surface area (TPSA) is 363 Å². The molecule has 0 atom stereocenters. The Kier molecular flexibility index (Phi) is 21.3. The molecule has 0 aliphatic carbocycles. The molecule has 0 unspecified atom stereocenters. The summed E-state index contributed by atoms with van der Waals surface area (Å²) in [7, 11) is 8.54. The van der Waals surface area contributed by atoms with E-state index in [0.29, 0.717) is 61.6 Å². The van der Waals surface area contributed by atoms with E-state index in [1.165, 1.54) is 128 Å². The van der Waals surface area contributed by atoms with Gasteiger partial charge in [0, 0.05) is 46.6 Å². The molecule has 98 heavy (non-hydrogen) atoms. The molecule has 0 saturated heterocycles. The predicted molar refractivity (Wildman–Crippen MR) is 353 cm³/mol. The van der Waals surface area contributed by atoms with Crippen LogP contribution >= 0.6 is 0 Å². The van der Waals surface area contributed by atoms with Gasteiger partial charge in [0.05, 0.1) is 42.7 Å². The number of cyclic esters (lactones) is 4. The Morgan fingerprint density at radius 2 is 0.469 bits per heavy atom. The van der Waals surface area contributed by atoms with Gasteiger partial charge in [-0.15, -0.1) is 0 Å². The van der Waals surface area contributed by atoms with E-state index >= 15 is 0 Å². The van der Waals surface area contributed by atoms with Gasteiger partial charge in [-0.2, -0.15) is 0 Å². The monoisotopic (exact) mass is 1330 g/mol. The molecule has 500 valence electrons. The lowest BCUT2D eigenvalue weighted by Gasteiger charge is -2.17. The van der Waals surface area contributed by atoms with Gasteiger partial charge in [0.15, 0.2) is 69.0 Å². The summed E-state index contributed by atoms with van der Waals surface area (Å²) >= 11 is 0. The zero-order chi connectivity index (χ0) is 70.5. The van der Waals surface area contributed by atoms with Crippen LogP contribution in [0.25, 0.3) is 22.3 Å². The second-order valence-electron chi connectivity index (χ2n) is 20.7. The molecule has 0 saturated carbocycles. The summed E-state index contributed by atoms with van der Waals surface area (Å²) in [6.45, 7) is 0. The van der Waals surface area contributed by atoms with Gasteiger partial charge < -0.3 is 98.4 Å². The number of allylic oxidation sites excluding steroid dienone is 4. The highest BCUT2D eigenvalue weighted by atomic mass is 16.6. The molecule has 0 bridgehead atoms. The molecular formula is C74H60O24. The molecule has 0 fully saturated rings. The Labute approximate surface area is 558 Å². The van der Waals surface area contributed by atoms with Crippen LogP contribution in [-0.2, 0) is 38.1 Å². The normalized spacial score (nSPS) is 13.0. The second kappa shape index (κ2) is 30.4. The third-order valence-electron chi connectivity index (χ3n) is 14.6. The number of phenolic OH excluding ortho intramolecular Hbond substituents is 10. The minimum absolute atomic E-state index is 0.00199. The van der Waals surface area contributed by atoms with Gasteiger partial charge in [0.1, 0.15) is 34.5 Å². The fraction of sp³-hybridized carbons (Fsp3) is 0.0811. The van der Waals surface area contributed by atoms with Crippen molar-refractivity contribution in [2.75, 3.05) is 42.7 Å². The lowest BCUT2D eigenvalue weighted by atomic mass is 9.95. The average Bonchev–Trinajstić information content (AvgIpc) is 1.29. The molecule has 4 aliphatic rings. The minimum Gasteiger partial charge on any atom is -0.508 e. The van der Waals surface area contributed by atoms with Crippen molar-refractivity contribution >= 4 is 46.2 Å². The number of aromatic hydroxyl groups is 10. The van der Waals surface area contributed by atoms with Crippen LogP contribution in [0.1, 0.15) is 44.5 Å². The molecule has 24 nitrogen and oxygen atoms in total. The number of hydrogen-bond donors (Lipinski definition) is 10. The molecule has 4 aliphatic heterocycles. The number of esters is 4. The fourth-order valence-electron chi connectivity index (χ4n) is 9.98. The summed E-state index contributed by atoms with van der Waals surface area (Å²) in [6, 6.07) is 37.4. The maximum atomic E-state index is 11.7. The van der Waals surface area contributed by atoms with Crippen LogP contribution in [0.15, 0.2) is 217 Å². The van der Waals surface area contributed by atoms with E-state index in [0.717, 1.165) is 16.7 Å². The molecule has 12 rings (SSSR count). The van der Waals surface area contributed by atoms with Crippen molar-refractivity contribution in [3.63, 3.8) is 0 Å². The highest BCUT2D eigenvalue weighted by Gasteiger charge is 2.27. The van der Waals surface area contributed by atoms with Gasteiger partial charge in [-0.1, -0.05) is 48.5 Å². The third-order valence-corrected chi connectivity index (χ3v) is 14.6. The van der Waals surface area contributed by atoms with Crippen LogP contribution in [0.5, 0.6) is 92.0 Å². The van der Waals surface area contributed by atoms with Crippen LogP contribution in [0.4, 0.5) is 0 Å². The fourth-order valence-corrected chi connectivity index (χ4v) is 9.98. The number of carbonyl (C=O) groups excluding carboxylic acids is 4. The Morgan fingerprint density at radius 3 is 0.714 bits per heavy atom.